The van der Waals surface area contributed by atoms with Gasteiger partial charge in [0.2, 0.25) is 6.79 Å². The first-order valence-electron chi connectivity index (χ1n) is 14.7. The van der Waals surface area contributed by atoms with Crippen LogP contribution >= 0.6 is 23.5 Å². The van der Waals surface area contributed by atoms with Crippen LogP contribution in [-0.2, 0) is 19.1 Å². The van der Waals surface area contributed by atoms with Gasteiger partial charge in [0.15, 0.2) is 11.5 Å². The second kappa shape index (κ2) is 20.3. The Morgan fingerprint density at radius 3 is 2.16 bits per heavy atom. The molecule has 2 aliphatic rings. The van der Waals surface area contributed by atoms with Crippen molar-refractivity contribution in [3.05, 3.63) is 23.8 Å². The van der Waals surface area contributed by atoms with Crippen molar-refractivity contribution in [1.29, 1.82) is 0 Å². The molecule has 1 fully saturated rings. The van der Waals surface area contributed by atoms with Gasteiger partial charge in [0, 0.05) is 24.3 Å². The quantitative estimate of drug-likeness (QED) is 0.0923. The van der Waals surface area contributed by atoms with Crippen molar-refractivity contribution < 1.29 is 43.6 Å². The summed E-state index contributed by atoms with van der Waals surface area (Å²) in [6, 6.07) is 3.31. The molecule has 0 aliphatic carbocycles. The third kappa shape index (κ3) is 13.6. The molecule has 1 aromatic rings. The topological polar surface area (TPSA) is 237 Å². The van der Waals surface area contributed by atoms with Crippen molar-refractivity contribution in [3.8, 4) is 11.5 Å². The van der Waals surface area contributed by atoms with Crippen molar-refractivity contribution in [2.45, 2.75) is 82.1 Å². The number of nitrogens with one attached hydrogen (secondary N) is 4. The first kappa shape index (κ1) is 38.4. The molecule has 0 aromatic heterocycles. The highest BCUT2D eigenvalue weighted by molar-refractivity contribution is 7.99. The molecule has 254 valence electrons. The molecule has 2 heterocycles. The second-order valence-electron chi connectivity index (χ2n) is 10.4. The van der Waals surface area contributed by atoms with Crippen molar-refractivity contribution in [3.63, 3.8) is 0 Å². The number of hydrazine groups is 2. The summed E-state index contributed by atoms with van der Waals surface area (Å²) >= 11 is 3.39. The lowest BCUT2D eigenvalue weighted by atomic mass is 10.1. The monoisotopic (exact) mass is 674 g/mol. The Morgan fingerprint density at radius 1 is 0.933 bits per heavy atom. The molecule has 0 saturated carbocycles. The summed E-state index contributed by atoms with van der Waals surface area (Å²) in [7, 11) is 0. The van der Waals surface area contributed by atoms with Crippen molar-refractivity contribution in [1.82, 2.24) is 21.7 Å². The zero-order chi connectivity index (χ0) is 33.4. The summed E-state index contributed by atoms with van der Waals surface area (Å²) < 4.78 is 15.5. The predicted octanol–water partition coefficient (Wildman–Crippen LogP) is -0.460. The van der Waals surface area contributed by atoms with Crippen molar-refractivity contribution >= 4 is 47.2 Å². The van der Waals surface area contributed by atoms with Crippen LogP contribution in [-0.4, -0.2) is 100 Å². The number of fused-ring (bicyclic) bond motifs is 1. The number of hydrogen-bond acceptors (Lipinski definition) is 13. The third-order valence-electron chi connectivity index (χ3n) is 6.52. The van der Waals surface area contributed by atoms with E-state index in [2.05, 4.69) is 35.6 Å². The van der Waals surface area contributed by atoms with E-state index >= 15 is 0 Å². The maximum atomic E-state index is 12.0. The molecular formula is C28H46N6O9S2. The molecular weight excluding hydrogens is 628 g/mol. The van der Waals surface area contributed by atoms with Gasteiger partial charge in [-0.15, -0.1) is 0 Å². The van der Waals surface area contributed by atoms with Crippen LogP contribution in [0.15, 0.2) is 18.2 Å². The number of nitrogens with two attached hydrogens (primary N) is 2. The molecule has 0 radical (unpaired) electrons. The van der Waals surface area contributed by atoms with Crippen LogP contribution in [0.5, 0.6) is 11.5 Å². The highest BCUT2D eigenvalue weighted by Gasteiger charge is 2.27. The van der Waals surface area contributed by atoms with Gasteiger partial charge in [-0.05, 0) is 66.4 Å². The summed E-state index contributed by atoms with van der Waals surface area (Å²) in [5.41, 5.74) is 20.7. The van der Waals surface area contributed by atoms with Crippen LogP contribution < -0.4 is 42.6 Å². The van der Waals surface area contributed by atoms with Crippen LogP contribution in [0, 0.1) is 0 Å². The smallest absolute Gasteiger partial charge is 0.269 e. The molecule has 15 nitrogen and oxygen atoms in total. The van der Waals surface area contributed by atoms with E-state index < -0.39 is 54.0 Å². The van der Waals surface area contributed by atoms with E-state index in [0.717, 1.165) is 23.7 Å². The standard InChI is InChI=1S/C15H21N3O5S.C13H25N3O4S/c1-2-24-6-5-10(16)13(19)15(21)18-17-14(20)9-3-4-11-12(7-9)23-8-22-11;1-8(2)21-7-5-9(14)11(17)13(19)16-15-12(18)10-4-3-6-20-10/h3-4,7,10,13,19H,2,5-6,8,16H2,1H3,(H,17,20)(H,18,21);8-11,17H,3-7,14H2,1-2H3,(H,15,18)(H,16,19)/t10-,13?;9-,10?,11?/m11/s1. The fourth-order valence-electron chi connectivity index (χ4n) is 3.87. The molecule has 45 heavy (non-hydrogen) atoms. The zero-order valence-electron chi connectivity index (χ0n) is 25.8. The summed E-state index contributed by atoms with van der Waals surface area (Å²) in [5, 5.41) is 20.1. The minimum absolute atomic E-state index is 0.109. The van der Waals surface area contributed by atoms with Crippen LogP contribution in [0.2, 0.25) is 0 Å². The van der Waals surface area contributed by atoms with Crippen molar-refractivity contribution in [2.24, 2.45) is 11.5 Å². The van der Waals surface area contributed by atoms with E-state index in [-0.39, 0.29) is 12.4 Å². The lowest BCUT2D eigenvalue weighted by Crippen LogP contribution is -2.53. The Morgan fingerprint density at radius 2 is 1.56 bits per heavy atom. The predicted molar refractivity (Wildman–Crippen MR) is 171 cm³/mol. The average Bonchev–Trinajstić information content (AvgIpc) is 3.74. The fraction of sp³-hybridized carbons (Fsp3) is 0.643. The summed E-state index contributed by atoms with van der Waals surface area (Å²) in [5.74, 6) is 1.09. The summed E-state index contributed by atoms with van der Waals surface area (Å²) in [4.78, 5) is 47.2. The van der Waals surface area contributed by atoms with Gasteiger partial charge >= 0.3 is 0 Å². The van der Waals surface area contributed by atoms with E-state index in [0.29, 0.717) is 42.6 Å². The molecule has 0 bridgehead atoms. The number of benzene rings is 1. The maximum Gasteiger partial charge on any atom is 0.269 e. The highest BCUT2D eigenvalue weighted by Crippen LogP contribution is 2.32. The van der Waals surface area contributed by atoms with E-state index in [1.54, 1.807) is 35.7 Å². The minimum atomic E-state index is -1.39. The minimum Gasteiger partial charge on any atom is -0.454 e. The zero-order valence-corrected chi connectivity index (χ0v) is 27.4. The largest absolute Gasteiger partial charge is 0.454 e. The van der Waals surface area contributed by atoms with Gasteiger partial charge in [-0.1, -0.05) is 20.8 Å². The highest BCUT2D eigenvalue weighted by atomic mass is 32.2. The Balaban J connectivity index is 0.000000317. The van der Waals surface area contributed by atoms with Gasteiger partial charge in [0.05, 0.1) is 0 Å². The van der Waals surface area contributed by atoms with Gasteiger partial charge in [-0.25, -0.2) is 0 Å². The molecule has 17 heteroatoms. The first-order valence-corrected chi connectivity index (χ1v) is 16.9. The Hall–Kier alpha value is -2.80. The van der Waals surface area contributed by atoms with E-state index in [9.17, 15) is 29.4 Å². The van der Waals surface area contributed by atoms with E-state index in [1.165, 1.54) is 6.07 Å². The van der Waals surface area contributed by atoms with Crippen molar-refractivity contribution in [2.75, 3.05) is 30.7 Å². The molecule has 0 spiro atoms. The number of amides is 4. The lowest BCUT2D eigenvalue weighted by molar-refractivity contribution is -0.138. The van der Waals surface area contributed by atoms with Gasteiger partial charge in [-0.2, -0.15) is 23.5 Å². The van der Waals surface area contributed by atoms with Crippen LogP contribution in [0.1, 0.15) is 56.8 Å². The number of carbonyl (C=O) groups is 4. The molecule has 2 aliphatic heterocycles. The van der Waals surface area contributed by atoms with E-state index in [1.807, 2.05) is 6.92 Å². The Bertz CT molecular complexity index is 1110. The molecule has 4 amide bonds. The lowest BCUT2D eigenvalue weighted by Gasteiger charge is -2.19. The third-order valence-corrected chi connectivity index (χ3v) is 8.59. The molecule has 10 N–H and O–H groups in total. The molecule has 1 aromatic carbocycles. The normalized spacial score (nSPS) is 17.7. The number of ether oxygens (including phenoxy) is 3. The second-order valence-corrected chi connectivity index (χ2v) is 13.5. The van der Waals surface area contributed by atoms with Crippen LogP contribution in [0.4, 0.5) is 0 Å². The maximum absolute atomic E-state index is 12.0. The van der Waals surface area contributed by atoms with Gasteiger partial charge in [0.1, 0.15) is 18.3 Å². The van der Waals surface area contributed by atoms with E-state index in [4.69, 9.17) is 25.7 Å². The summed E-state index contributed by atoms with van der Waals surface area (Å²) in [6.45, 7) is 6.81. The van der Waals surface area contributed by atoms with Crippen LogP contribution in [0.3, 0.4) is 0 Å². The molecule has 3 unspecified atom stereocenters. The number of thioether (sulfide) groups is 2. The Labute approximate surface area is 271 Å². The van der Waals surface area contributed by atoms with Gasteiger partial charge < -0.3 is 35.9 Å². The number of hydrogen-bond donors (Lipinski definition) is 8. The first-order chi connectivity index (χ1) is 21.4. The molecule has 3 rings (SSSR count). The average molecular weight is 675 g/mol. The SMILES string of the molecule is CC(C)SCC[C@@H](N)C(O)C(=O)NNC(=O)C1CCCO1.CCSCC[C@@H](N)C(O)C(=O)NNC(=O)c1ccc2c(c1)OCO2. The number of carbonyl (C=O) groups excluding carboxylic acids is 4. The number of aliphatic hydroxyl groups excluding tert-OH is 2. The Kier molecular flexibility index (Phi) is 17.4. The summed E-state index contributed by atoms with van der Waals surface area (Å²) in [6.07, 6.45) is -0.774. The van der Waals surface area contributed by atoms with Gasteiger partial charge in [0.25, 0.3) is 23.6 Å². The molecule has 1 saturated heterocycles. The van der Waals surface area contributed by atoms with Gasteiger partial charge in [-0.3, -0.25) is 40.9 Å². The number of aliphatic hydroxyl groups is 2. The molecule has 5 atom stereocenters. The number of rotatable bonds is 14. The fourth-order valence-corrected chi connectivity index (χ4v) is 5.48. The van der Waals surface area contributed by atoms with Crippen LogP contribution in [0.25, 0.3) is 0 Å².